The summed E-state index contributed by atoms with van der Waals surface area (Å²) in [6, 6.07) is 4.69. The number of ether oxygens (including phenoxy) is 1. The first-order valence-electron chi connectivity index (χ1n) is 15.7. The van der Waals surface area contributed by atoms with Gasteiger partial charge in [0.25, 0.3) is 0 Å². The van der Waals surface area contributed by atoms with Crippen LogP contribution < -0.4 is 5.43 Å². The number of Topliss-reactive ketones (excluding diaryl/α,β-unsaturated/α-hetero) is 2. The maximum absolute atomic E-state index is 15.0. The highest BCUT2D eigenvalue weighted by Crippen LogP contribution is 2.54. The van der Waals surface area contributed by atoms with Crippen molar-refractivity contribution < 1.29 is 39.2 Å². The molecule has 0 saturated heterocycles. The Morgan fingerprint density at radius 2 is 1.55 bits per heavy atom. The third-order valence-corrected chi connectivity index (χ3v) is 8.67. The van der Waals surface area contributed by atoms with Crippen LogP contribution in [-0.2, 0) is 14.3 Å². The van der Waals surface area contributed by atoms with Crippen LogP contribution in [0.25, 0.3) is 5.76 Å². The first-order chi connectivity index (χ1) is 22.0. The molecule has 0 radical (unpaired) electrons. The number of phenols is 2. The lowest BCUT2D eigenvalue weighted by atomic mass is 9.61. The Labute approximate surface area is 274 Å². The van der Waals surface area contributed by atoms with E-state index in [1.165, 1.54) is 17.7 Å². The van der Waals surface area contributed by atoms with E-state index in [0.29, 0.717) is 6.42 Å². The van der Waals surface area contributed by atoms with Crippen LogP contribution in [0.4, 0.5) is 0 Å². The Bertz CT molecular complexity index is 1800. The number of hydrogen-bond acceptors (Lipinski definition) is 9. The molecular formula is C38H44O9. The molecule has 9 heteroatoms. The van der Waals surface area contributed by atoms with Gasteiger partial charge in [0, 0.05) is 18.1 Å². The van der Waals surface area contributed by atoms with Gasteiger partial charge >= 0.3 is 0 Å². The predicted molar refractivity (Wildman–Crippen MR) is 179 cm³/mol. The lowest BCUT2D eigenvalue weighted by molar-refractivity contribution is -0.139. The van der Waals surface area contributed by atoms with Crippen molar-refractivity contribution in [2.24, 2.45) is 5.41 Å². The molecule has 2 aliphatic rings. The number of phenolic OH excluding ortho intramolecular Hbond substituents is 2. The summed E-state index contributed by atoms with van der Waals surface area (Å²) >= 11 is 0. The Balaban J connectivity index is 2.08. The van der Waals surface area contributed by atoms with Gasteiger partial charge in [0.15, 0.2) is 28.8 Å². The molecule has 0 fully saturated rings. The zero-order chi connectivity index (χ0) is 34.8. The summed E-state index contributed by atoms with van der Waals surface area (Å²) in [5.74, 6) is -4.73. The topological polar surface area (TPSA) is 154 Å². The van der Waals surface area contributed by atoms with Crippen LogP contribution >= 0.6 is 0 Å². The Morgan fingerprint density at radius 3 is 2.19 bits per heavy atom. The molecule has 2 aromatic rings. The minimum absolute atomic E-state index is 0.0000279. The minimum atomic E-state index is -1.73. The van der Waals surface area contributed by atoms with Crippen molar-refractivity contribution in [3.05, 3.63) is 104 Å². The van der Waals surface area contributed by atoms with Gasteiger partial charge in [-0.25, -0.2) is 0 Å². The van der Waals surface area contributed by atoms with Crippen LogP contribution in [0.3, 0.4) is 0 Å². The molecule has 0 spiro atoms. The van der Waals surface area contributed by atoms with Crippen molar-refractivity contribution in [2.45, 2.75) is 92.1 Å². The predicted octanol–water partition coefficient (Wildman–Crippen LogP) is 7.84. The van der Waals surface area contributed by atoms with Gasteiger partial charge in [0.2, 0.25) is 11.2 Å². The van der Waals surface area contributed by atoms with Crippen molar-refractivity contribution in [1.82, 2.24) is 0 Å². The van der Waals surface area contributed by atoms with Crippen molar-refractivity contribution in [3.8, 4) is 17.2 Å². The fraction of sp³-hybridized carbons (Fsp3) is 0.395. The second-order valence-electron chi connectivity index (χ2n) is 13.6. The number of aromatic hydroxyl groups is 3. The van der Waals surface area contributed by atoms with E-state index in [-0.39, 0.29) is 47.5 Å². The second kappa shape index (κ2) is 13.5. The molecule has 1 aromatic carbocycles. The van der Waals surface area contributed by atoms with Gasteiger partial charge in [-0.2, -0.15) is 0 Å². The van der Waals surface area contributed by atoms with Crippen molar-refractivity contribution in [2.75, 3.05) is 0 Å². The number of allylic oxidation sites excluding steroid dienone is 8. The first-order valence-corrected chi connectivity index (χ1v) is 15.7. The van der Waals surface area contributed by atoms with Gasteiger partial charge in [0.1, 0.15) is 28.1 Å². The number of carbonyl (C=O) groups is 2. The zero-order valence-electron chi connectivity index (χ0n) is 28.1. The van der Waals surface area contributed by atoms with Crippen LogP contribution in [0.1, 0.15) is 97.8 Å². The van der Waals surface area contributed by atoms with E-state index in [9.17, 15) is 30.0 Å². The second-order valence-corrected chi connectivity index (χ2v) is 13.6. The Hall–Kier alpha value is -4.79. The standard InChI is InChI=1S/C38H44O9/c1-21(2)9-8-10-23(5)14-17-38(16-13-22(3)4)35(44)29-25(33-32(43)27(40)15-18-46-33)20-37(6,7)47-34(29)30(36(38)45)31(42)24-11-12-26(39)28(41)19-24/h9,11-15,18-19,25,39,41-43H,8,10,16-17,20H2,1-7H3/b23-14+,31-30+/t25-,38-/m1/s1. The number of aliphatic hydroxyl groups excluding tert-OH is 1. The molecule has 250 valence electrons. The molecule has 2 heterocycles. The average molecular weight is 645 g/mol. The molecule has 2 atom stereocenters. The fourth-order valence-electron chi connectivity index (χ4n) is 6.07. The van der Waals surface area contributed by atoms with E-state index in [1.807, 2.05) is 40.7 Å². The molecule has 1 aliphatic heterocycles. The van der Waals surface area contributed by atoms with Gasteiger partial charge in [-0.05, 0) is 92.3 Å². The van der Waals surface area contributed by atoms with Crippen LogP contribution in [0, 0.1) is 5.41 Å². The van der Waals surface area contributed by atoms with Crippen molar-refractivity contribution in [3.63, 3.8) is 0 Å². The minimum Gasteiger partial charge on any atom is -0.506 e. The third-order valence-electron chi connectivity index (χ3n) is 8.67. The molecule has 4 N–H and O–H groups in total. The number of rotatable bonds is 9. The number of ketones is 2. The monoisotopic (exact) mass is 644 g/mol. The maximum atomic E-state index is 15.0. The molecule has 0 saturated carbocycles. The molecule has 0 amide bonds. The molecule has 4 rings (SSSR count). The van der Waals surface area contributed by atoms with Gasteiger partial charge < -0.3 is 29.6 Å². The molecule has 0 unspecified atom stereocenters. The summed E-state index contributed by atoms with van der Waals surface area (Å²) in [7, 11) is 0. The SMILES string of the molecule is CC(C)=CCC/C(C)=C/C[C@]1(CC=C(C)C)C(=O)C2=C(OC(C)(C)C[C@H]2c2occc(=O)c2O)/C(=C(\O)c2ccc(O)c(O)c2)C1=O. The summed E-state index contributed by atoms with van der Waals surface area (Å²) in [6.45, 7) is 13.1. The number of hydrogen-bond donors (Lipinski definition) is 4. The molecule has 1 aromatic heterocycles. The lowest BCUT2D eigenvalue weighted by Crippen LogP contribution is -2.50. The number of carbonyl (C=O) groups excluding carboxylic acids is 2. The van der Waals surface area contributed by atoms with E-state index < -0.39 is 56.9 Å². The Morgan fingerprint density at radius 1 is 0.894 bits per heavy atom. The van der Waals surface area contributed by atoms with E-state index in [1.54, 1.807) is 19.9 Å². The highest BCUT2D eigenvalue weighted by Gasteiger charge is 2.57. The quantitative estimate of drug-likeness (QED) is 0.0702. The molecule has 9 nitrogen and oxygen atoms in total. The number of benzene rings is 1. The highest BCUT2D eigenvalue weighted by molar-refractivity contribution is 6.27. The van der Waals surface area contributed by atoms with Gasteiger partial charge in [-0.1, -0.05) is 34.9 Å². The summed E-state index contributed by atoms with van der Waals surface area (Å²) < 4.78 is 12.0. The summed E-state index contributed by atoms with van der Waals surface area (Å²) in [6.07, 6.45) is 8.55. The Kier molecular flexibility index (Phi) is 10.1. The van der Waals surface area contributed by atoms with Crippen LogP contribution in [-0.4, -0.2) is 37.6 Å². The fourth-order valence-corrected chi connectivity index (χ4v) is 6.07. The van der Waals surface area contributed by atoms with Crippen LogP contribution in [0.5, 0.6) is 17.2 Å². The summed E-state index contributed by atoms with van der Waals surface area (Å²) in [5.41, 5.74) is -0.721. The smallest absolute Gasteiger partial charge is 0.226 e. The third kappa shape index (κ3) is 7.14. The number of aliphatic hydroxyl groups is 1. The van der Waals surface area contributed by atoms with E-state index in [4.69, 9.17) is 9.15 Å². The summed E-state index contributed by atoms with van der Waals surface area (Å²) in [4.78, 5) is 42.5. The molecule has 47 heavy (non-hydrogen) atoms. The zero-order valence-corrected chi connectivity index (χ0v) is 28.1. The van der Waals surface area contributed by atoms with Crippen molar-refractivity contribution in [1.29, 1.82) is 0 Å². The van der Waals surface area contributed by atoms with Crippen LogP contribution in [0.2, 0.25) is 0 Å². The van der Waals surface area contributed by atoms with Gasteiger partial charge in [-0.15, -0.1) is 0 Å². The maximum Gasteiger partial charge on any atom is 0.226 e. The normalized spacial score (nSPS) is 21.9. The molecule has 1 aliphatic carbocycles. The molecular weight excluding hydrogens is 600 g/mol. The van der Waals surface area contributed by atoms with E-state index in [2.05, 4.69) is 6.08 Å². The average Bonchev–Trinajstić information content (AvgIpc) is 2.98. The van der Waals surface area contributed by atoms with E-state index in [0.717, 1.165) is 36.0 Å². The van der Waals surface area contributed by atoms with E-state index >= 15 is 4.79 Å². The first kappa shape index (κ1) is 35.1. The van der Waals surface area contributed by atoms with Crippen LogP contribution in [0.15, 0.2) is 91.6 Å². The lowest BCUT2D eigenvalue weighted by Gasteiger charge is -2.45. The van der Waals surface area contributed by atoms with Gasteiger partial charge in [0.05, 0.1) is 17.8 Å². The largest absolute Gasteiger partial charge is 0.506 e. The van der Waals surface area contributed by atoms with Gasteiger partial charge in [-0.3, -0.25) is 14.4 Å². The highest BCUT2D eigenvalue weighted by atomic mass is 16.5. The molecule has 0 bridgehead atoms. The summed E-state index contributed by atoms with van der Waals surface area (Å²) in [5, 5.41) is 42.9. The van der Waals surface area contributed by atoms with Crippen molar-refractivity contribution >= 4 is 17.3 Å².